The first-order chi connectivity index (χ1) is 13.7. The third-order valence-electron chi connectivity index (χ3n) is 5.62. The van der Waals surface area contributed by atoms with E-state index in [-0.39, 0.29) is 11.8 Å². The highest BCUT2D eigenvalue weighted by Gasteiger charge is 2.26. The molecule has 1 aliphatic carbocycles. The molecule has 1 saturated carbocycles. The van der Waals surface area contributed by atoms with Gasteiger partial charge in [0.15, 0.2) is 5.65 Å². The molecule has 1 aliphatic rings. The van der Waals surface area contributed by atoms with Crippen molar-refractivity contribution in [2.45, 2.75) is 58.4 Å². The number of carbonyl (C=O) groups is 1. The summed E-state index contributed by atoms with van der Waals surface area (Å²) in [5.41, 5.74) is 3.19. The Balaban J connectivity index is 1.83. The van der Waals surface area contributed by atoms with Gasteiger partial charge in [-0.25, -0.2) is 9.97 Å². The lowest BCUT2D eigenvalue weighted by Crippen LogP contribution is -2.26. The molecule has 1 fully saturated rings. The van der Waals surface area contributed by atoms with Crippen molar-refractivity contribution >= 4 is 33.9 Å². The number of carbonyl (C=O) groups excluding carboxylic acids is 1. The van der Waals surface area contributed by atoms with Crippen LogP contribution in [0.3, 0.4) is 0 Å². The number of rotatable bonds is 5. The van der Waals surface area contributed by atoms with Gasteiger partial charge in [0.1, 0.15) is 23.0 Å². The van der Waals surface area contributed by atoms with Gasteiger partial charge in [0.05, 0.1) is 11.0 Å². The van der Waals surface area contributed by atoms with Crippen LogP contribution in [0.2, 0.25) is 0 Å². The van der Waals surface area contributed by atoms with Crippen molar-refractivity contribution in [3.63, 3.8) is 0 Å². The highest BCUT2D eigenvalue weighted by Crippen LogP contribution is 2.31. The summed E-state index contributed by atoms with van der Waals surface area (Å²) in [6, 6.07) is 9.93. The van der Waals surface area contributed by atoms with Gasteiger partial charge < -0.3 is 9.88 Å². The molecular weight excluding hydrogens is 350 g/mol. The molecule has 0 saturated heterocycles. The molecule has 0 spiro atoms. The summed E-state index contributed by atoms with van der Waals surface area (Å²) in [5, 5.41) is 12.9. The molecule has 0 radical (unpaired) electrons. The average Bonchev–Trinajstić information content (AvgIpc) is 3.02. The fourth-order valence-electron chi connectivity index (χ4n) is 4.05. The summed E-state index contributed by atoms with van der Waals surface area (Å²) in [4.78, 5) is 22.4. The van der Waals surface area contributed by atoms with Gasteiger partial charge in [-0.2, -0.15) is 5.26 Å². The largest absolute Gasteiger partial charge is 0.311 e. The fourth-order valence-corrected chi connectivity index (χ4v) is 4.05. The molecule has 1 amide bonds. The Morgan fingerprint density at radius 3 is 2.61 bits per heavy atom. The average molecular weight is 375 g/mol. The van der Waals surface area contributed by atoms with E-state index in [1.165, 1.54) is 6.42 Å². The van der Waals surface area contributed by atoms with Gasteiger partial charge in [-0.3, -0.25) is 4.79 Å². The second-order valence-electron chi connectivity index (χ2n) is 7.55. The first-order valence-electron chi connectivity index (χ1n) is 10.2. The monoisotopic (exact) mass is 375 g/mol. The zero-order chi connectivity index (χ0) is 19.5. The van der Waals surface area contributed by atoms with E-state index in [2.05, 4.69) is 18.3 Å². The Hall–Kier alpha value is -2.94. The number of nitrogens with one attached hydrogen (secondary N) is 1. The van der Waals surface area contributed by atoms with Crippen LogP contribution in [0.5, 0.6) is 0 Å². The van der Waals surface area contributed by atoms with Crippen LogP contribution in [0, 0.1) is 17.2 Å². The summed E-state index contributed by atoms with van der Waals surface area (Å²) < 4.78 is 1.97. The number of para-hydroxylation sites is 2. The van der Waals surface area contributed by atoms with Crippen LogP contribution in [0.15, 0.2) is 24.3 Å². The second kappa shape index (κ2) is 7.97. The van der Waals surface area contributed by atoms with E-state index in [9.17, 15) is 10.1 Å². The smallest absolute Gasteiger partial charge is 0.228 e. The van der Waals surface area contributed by atoms with Gasteiger partial charge in [0.25, 0.3) is 0 Å². The van der Waals surface area contributed by atoms with Gasteiger partial charge in [0, 0.05) is 12.5 Å². The number of anilines is 1. The first kappa shape index (κ1) is 18.4. The van der Waals surface area contributed by atoms with E-state index in [0.717, 1.165) is 49.6 Å². The van der Waals surface area contributed by atoms with Crippen molar-refractivity contribution < 1.29 is 4.79 Å². The van der Waals surface area contributed by atoms with E-state index in [0.29, 0.717) is 29.1 Å². The second-order valence-corrected chi connectivity index (χ2v) is 7.55. The van der Waals surface area contributed by atoms with E-state index in [1.54, 1.807) is 0 Å². The number of hydrogen-bond acceptors (Lipinski definition) is 4. The molecule has 6 heteroatoms. The molecule has 3 aromatic rings. The predicted molar refractivity (Wildman–Crippen MR) is 110 cm³/mol. The number of hydrogen-bond donors (Lipinski definition) is 1. The number of nitrogens with zero attached hydrogens (tertiary/aromatic N) is 4. The maximum atomic E-state index is 12.9. The van der Waals surface area contributed by atoms with Crippen molar-refractivity contribution in [1.29, 1.82) is 5.26 Å². The van der Waals surface area contributed by atoms with Gasteiger partial charge in [-0.05, 0) is 31.4 Å². The minimum absolute atomic E-state index is 0.0151. The van der Waals surface area contributed by atoms with Gasteiger partial charge >= 0.3 is 0 Å². The molecule has 0 bridgehead atoms. The molecule has 0 atom stereocenters. The Morgan fingerprint density at radius 1 is 1.21 bits per heavy atom. The molecule has 28 heavy (non-hydrogen) atoms. The van der Waals surface area contributed by atoms with Gasteiger partial charge in [0.2, 0.25) is 5.91 Å². The van der Waals surface area contributed by atoms with Crippen LogP contribution < -0.4 is 5.32 Å². The number of nitriles is 1. The first-order valence-corrected chi connectivity index (χ1v) is 10.2. The number of fused-ring (bicyclic) bond motifs is 2. The number of unbranched alkanes of at least 4 members (excludes halogenated alkanes) is 1. The Morgan fingerprint density at radius 2 is 1.93 bits per heavy atom. The molecule has 2 aromatic heterocycles. The molecule has 0 aliphatic heterocycles. The van der Waals surface area contributed by atoms with E-state index in [1.807, 2.05) is 28.8 Å². The standard InChI is InChI=1S/C22H25N5O/c1-2-3-13-27-20(26-22(28)15-9-5-4-6-10-15)16(14-23)19-21(27)25-18-12-8-7-11-17(18)24-19/h7-8,11-12,15H,2-6,9-10,13H2,1H3,(H,26,28). The van der Waals surface area contributed by atoms with Crippen LogP contribution in [0.1, 0.15) is 57.4 Å². The molecule has 144 valence electrons. The molecule has 1 N–H and O–H groups in total. The van der Waals surface area contributed by atoms with E-state index in [4.69, 9.17) is 9.97 Å². The number of aryl methyl sites for hydroxylation is 1. The van der Waals surface area contributed by atoms with Crippen LogP contribution in [-0.4, -0.2) is 20.4 Å². The van der Waals surface area contributed by atoms with E-state index < -0.39 is 0 Å². The molecular formula is C22H25N5O. The summed E-state index contributed by atoms with van der Waals surface area (Å²) in [5.74, 6) is 0.594. The topological polar surface area (TPSA) is 83.6 Å². The number of benzene rings is 1. The van der Waals surface area contributed by atoms with Crippen LogP contribution in [0.4, 0.5) is 5.82 Å². The highest BCUT2D eigenvalue weighted by molar-refractivity contribution is 5.99. The summed E-state index contributed by atoms with van der Waals surface area (Å²) in [7, 11) is 0. The lowest BCUT2D eigenvalue weighted by atomic mass is 9.88. The van der Waals surface area contributed by atoms with Crippen molar-refractivity contribution in [2.24, 2.45) is 5.92 Å². The minimum atomic E-state index is 0.0151. The summed E-state index contributed by atoms with van der Waals surface area (Å²) in [6.07, 6.45) is 7.18. The van der Waals surface area contributed by atoms with E-state index >= 15 is 0 Å². The lowest BCUT2D eigenvalue weighted by molar-refractivity contribution is -0.120. The molecule has 1 aromatic carbocycles. The molecule has 0 unspecified atom stereocenters. The van der Waals surface area contributed by atoms with Gasteiger partial charge in [-0.1, -0.05) is 44.7 Å². The zero-order valence-corrected chi connectivity index (χ0v) is 16.2. The predicted octanol–water partition coefficient (Wildman–Crippen LogP) is 4.78. The fraction of sp³-hybridized carbons (Fsp3) is 0.455. The van der Waals surface area contributed by atoms with Crippen molar-refractivity contribution in [3.05, 3.63) is 29.8 Å². The van der Waals surface area contributed by atoms with Crippen LogP contribution in [0.25, 0.3) is 22.2 Å². The molecule has 6 nitrogen and oxygen atoms in total. The number of amides is 1. The normalized spacial score (nSPS) is 15.0. The summed E-state index contributed by atoms with van der Waals surface area (Å²) >= 11 is 0. The Labute approximate surface area is 164 Å². The van der Waals surface area contributed by atoms with Crippen molar-refractivity contribution in [3.8, 4) is 6.07 Å². The third-order valence-corrected chi connectivity index (χ3v) is 5.62. The van der Waals surface area contributed by atoms with Crippen molar-refractivity contribution in [2.75, 3.05) is 5.32 Å². The third kappa shape index (κ3) is 3.33. The van der Waals surface area contributed by atoms with Crippen LogP contribution in [-0.2, 0) is 11.3 Å². The summed E-state index contributed by atoms with van der Waals surface area (Å²) in [6.45, 7) is 2.82. The maximum absolute atomic E-state index is 12.9. The van der Waals surface area contributed by atoms with Crippen LogP contribution >= 0.6 is 0 Å². The zero-order valence-electron chi connectivity index (χ0n) is 16.2. The SMILES string of the molecule is CCCCn1c(NC(=O)C2CCCCC2)c(C#N)c2nc3ccccc3nc21. The molecule has 2 heterocycles. The quantitative estimate of drug-likeness (QED) is 0.696. The lowest BCUT2D eigenvalue weighted by Gasteiger charge is -2.21. The maximum Gasteiger partial charge on any atom is 0.228 e. The Bertz CT molecular complexity index is 1060. The minimum Gasteiger partial charge on any atom is -0.311 e. The van der Waals surface area contributed by atoms with Gasteiger partial charge in [-0.15, -0.1) is 0 Å². The highest BCUT2D eigenvalue weighted by atomic mass is 16.2. The Kier molecular flexibility index (Phi) is 5.25. The number of aromatic nitrogens is 3. The van der Waals surface area contributed by atoms with Crippen molar-refractivity contribution in [1.82, 2.24) is 14.5 Å². The molecule has 4 rings (SSSR count).